The van der Waals surface area contributed by atoms with Crippen LogP contribution in [0.3, 0.4) is 0 Å². The van der Waals surface area contributed by atoms with Gasteiger partial charge in [0.05, 0.1) is 40.9 Å². The minimum atomic E-state index is -4.64. The van der Waals surface area contributed by atoms with Crippen molar-refractivity contribution < 1.29 is 99.1 Å². The van der Waals surface area contributed by atoms with Gasteiger partial charge in [0.25, 0.3) is 0 Å². The molecule has 1 aliphatic heterocycles. The van der Waals surface area contributed by atoms with Crippen molar-refractivity contribution in [2.75, 3.05) is 46.6 Å². The summed E-state index contributed by atoms with van der Waals surface area (Å²) >= 11 is 0. The van der Waals surface area contributed by atoms with Gasteiger partial charge in [-0.15, -0.1) is 0 Å². The third-order valence-corrected chi connectivity index (χ3v) is 3.68. The van der Waals surface area contributed by atoms with Crippen molar-refractivity contribution in [3.8, 4) is 0 Å². The van der Waals surface area contributed by atoms with Crippen molar-refractivity contribution >= 4 is 21.5 Å². The summed E-state index contributed by atoms with van der Waals surface area (Å²) in [7, 11) is -3.12. The van der Waals surface area contributed by atoms with Crippen molar-refractivity contribution in [2.24, 2.45) is 0 Å². The molecule has 0 spiro atoms. The Hall–Kier alpha value is -0.340. The zero-order chi connectivity index (χ0) is 28.2. The first-order chi connectivity index (χ1) is 15.6. The molecule has 1 aromatic rings. The van der Waals surface area contributed by atoms with Crippen LogP contribution in [0.15, 0.2) is 17.1 Å². The van der Waals surface area contributed by atoms with Gasteiger partial charge in [-0.2, -0.15) is 4.98 Å². The summed E-state index contributed by atoms with van der Waals surface area (Å²) in [6, 6.07) is 1.45. The minimum Gasteiger partial charge on any atom is -1.00 e. The molecule has 0 bridgehead atoms. The number of phosphoric acid groups is 2. The quantitative estimate of drug-likeness (QED) is 0.0874. The summed E-state index contributed by atoms with van der Waals surface area (Å²) < 4.78 is 25.1. The maximum Gasteiger partial charge on any atom is 1.00 e. The van der Waals surface area contributed by atoms with Gasteiger partial charge < -0.3 is 66.2 Å². The monoisotopic (exact) mass is 581 g/mol. The van der Waals surface area contributed by atoms with E-state index in [4.69, 9.17) is 59.2 Å². The van der Waals surface area contributed by atoms with E-state index in [9.17, 15) is 15.0 Å². The fraction of sp³-hybridized carbons (Fsp3) is 0.733. The summed E-state index contributed by atoms with van der Waals surface area (Å²) in [5, 5.41) is 36.6. The number of quaternary nitrogens is 1. The van der Waals surface area contributed by atoms with Gasteiger partial charge in [-0.1, -0.05) is 0 Å². The maximum atomic E-state index is 11.5. The molecular formula is C15H36N4NaO14P2+. The Kier molecular flexibility index (Phi) is 20.1. The zero-order valence-corrected chi connectivity index (χ0v) is 24.0. The summed E-state index contributed by atoms with van der Waals surface area (Å²) in [6.07, 6.45) is -2.52. The van der Waals surface area contributed by atoms with E-state index < -0.39 is 52.4 Å². The molecule has 2 rings (SSSR count). The number of hydrogen-bond acceptors (Lipinski definition) is 10. The number of aliphatic hydroxyl groups is 4. The SMILES string of the molecule is C[N+](C)(C)CCO.Nc1ccn(C[C@@H]2O[C@H](CO)[C@@H](O)[C@H]2O)c(=O)n1.O=P(O)(O)O.O=P(O)(O)O.[H-].[Na+]. The molecule has 0 unspecified atom stereocenters. The van der Waals surface area contributed by atoms with Gasteiger partial charge in [0.1, 0.15) is 36.8 Å². The molecule has 0 radical (unpaired) electrons. The van der Waals surface area contributed by atoms with Crippen LogP contribution in [-0.4, -0.2) is 129 Å². The smallest absolute Gasteiger partial charge is 1.00 e. The van der Waals surface area contributed by atoms with Crippen LogP contribution < -0.4 is 41.0 Å². The van der Waals surface area contributed by atoms with E-state index in [1.165, 1.54) is 16.8 Å². The number of likely N-dealkylation sites (N-methyl/N-ethyl adjacent to an activating group) is 1. The summed E-state index contributed by atoms with van der Waals surface area (Å²) in [6.45, 7) is 0.744. The van der Waals surface area contributed by atoms with E-state index >= 15 is 0 Å². The Labute approximate surface area is 230 Å². The zero-order valence-electron chi connectivity index (χ0n) is 21.2. The summed E-state index contributed by atoms with van der Waals surface area (Å²) in [5.74, 6) is 0.109. The fourth-order valence-corrected chi connectivity index (χ4v) is 2.20. The van der Waals surface area contributed by atoms with E-state index in [1.807, 2.05) is 0 Å². The number of anilines is 1. The molecule has 2 heterocycles. The second-order valence-corrected chi connectivity index (χ2v) is 9.98. The van der Waals surface area contributed by atoms with Crippen LogP contribution in [0.5, 0.6) is 0 Å². The number of hydrogen-bond donors (Lipinski definition) is 11. The normalized spacial score (nSPS) is 21.5. The largest absolute Gasteiger partial charge is 1.00 e. The summed E-state index contributed by atoms with van der Waals surface area (Å²) in [5.41, 5.74) is 4.79. The Bertz CT molecular complexity index is 860. The maximum absolute atomic E-state index is 11.5. The predicted molar refractivity (Wildman–Crippen MR) is 120 cm³/mol. The van der Waals surface area contributed by atoms with Crippen molar-refractivity contribution in [2.45, 2.75) is 31.0 Å². The van der Waals surface area contributed by atoms with Gasteiger partial charge in [0.2, 0.25) is 0 Å². The number of ether oxygens (including phenoxy) is 1. The number of rotatable bonds is 5. The molecule has 0 amide bonds. The van der Waals surface area contributed by atoms with Crippen molar-refractivity contribution in [3.05, 3.63) is 22.7 Å². The van der Waals surface area contributed by atoms with Crippen LogP contribution >= 0.6 is 15.6 Å². The standard InChI is InChI=1S/C10H15N3O5.C5H14NO.Na.2H3O4P.H/c11-7-1-2-13(10(17)12-7)3-5-8(15)9(16)6(4-14)18-5;1-6(2,3)4-5-7;;2*1-5(2,3)4;/h1-2,5-6,8-9,14-16H,3-4H2,(H2,11,12,17);7H,4-5H2,1-3H3;;2*(H3,1,2,3,4);/q;2*+1;;;-1/t5-,6+,8-,9+;;;;;/m0...../s1. The van der Waals surface area contributed by atoms with Crippen LogP contribution in [0.4, 0.5) is 5.82 Å². The third-order valence-electron chi connectivity index (χ3n) is 3.68. The van der Waals surface area contributed by atoms with E-state index in [2.05, 4.69) is 26.1 Å². The Balaban J connectivity index is -0.000000239. The molecule has 21 heteroatoms. The van der Waals surface area contributed by atoms with Gasteiger partial charge in [0, 0.05) is 6.20 Å². The Morgan fingerprint density at radius 1 is 1.03 bits per heavy atom. The van der Waals surface area contributed by atoms with E-state index in [0.29, 0.717) is 0 Å². The number of nitrogens with two attached hydrogens (primary N) is 1. The molecule has 1 aliphatic rings. The molecule has 1 fully saturated rings. The molecule has 0 aromatic carbocycles. The van der Waals surface area contributed by atoms with Crippen LogP contribution in [0.2, 0.25) is 0 Å². The molecular weight excluding hydrogens is 545 g/mol. The number of nitrogens with zero attached hydrogens (tertiary/aromatic N) is 3. The average Bonchev–Trinajstić information content (AvgIpc) is 2.88. The number of nitrogen functional groups attached to an aromatic ring is 1. The van der Waals surface area contributed by atoms with Crippen molar-refractivity contribution in [1.82, 2.24) is 9.55 Å². The Morgan fingerprint density at radius 3 is 1.72 bits per heavy atom. The first-order valence-corrected chi connectivity index (χ1v) is 12.7. The fourth-order valence-electron chi connectivity index (χ4n) is 2.20. The van der Waals surface area contributed by atoms with Crippen molar-refractivity contribution in [1.29, 1.82) is 0 Å². The second kappa shape index (κ2) is 18.0. The summed E-state index contributed by atoms with van der Waals surface area (Å²) in [4.78, 5) is 58.1. The molecule has 4 atom stereocenters. The Morgan fingerprint density at radius 2 is 1.44 bits per heavy atom. The topological polar surface area (TPSA) is 307 Å². The molecule has 36 heavy (non-hydrogen) atoms. The van der Waals surface area contributed by atoms with E-state index in [1.54, 1.807) is 0 Å². The molecule has 18 nitrogen and oxygen atoms in total. The minimum absolute atomic E-state index is 0. The third kappa shape index (κ3) is 24.0. The number of aromatic nitrogens is 2. The number of aliphatic hydroxyl groups excluding tert-OH is 4. The van der Waals surface area contributed by atoms with Crippen LogP contribution in [0.1, 0.15) is 1.43 Å². The molecule has 0 aliphatic carbocycles. The van der Waals surface area contributed by atoms with Crippen molar-refractivity contribution in [3.63, 3.8) is 0 Å². The predicted octanol–water partition coefficient (Wildman–Crippen LogP) is -7.75. The van der Waals surface area contributed by atoms with Crippen LogP contribution in [0.25, 0.3) is 0 Å². The van der Waals surface area contributed by atoms with Gasteiger partial charge in [-0.3, -0.25) is 4.57 Å². The van der Waals surface area contributed by atoms with Crippen LogP contribution in [-0.2, 0) is 20.4 Å². The molecule has 0 saturated carbocycles. The average molecular weight is 581 g/mol. The molecule has 210 valence electrons. The second-order valence-electron chi connectivity index (χ2n) is 7.93. The van der Waals surface area contributed by atoms with Gasteiger partial charge in [-0.05, 0) is 6.07 Å². The molecule has 12 N–H and O–H groups in total. The van der Waals surface area contributed by atoms with Gasteiger partial charge in [-0.25, -0.2) is 13.9 Å². The van der Waals surface area contributed by atoms with Gasteiger partial charge in [0.15, 0.2) is 0 Å². The molecule has 1 aromatic heterocycles. The molecule has 1 saturated heterocycles. The van der Waals surface area contributed by atoms with E-state index in [0.717, 1.165) is 11.0 Å². The van der Waals surface area contributed by atoms with Crippen LogP contribution in [0, 0.1) is 0 Å². The first-order valence-electron chi connectivity index (χ1n) is 9.52. The van der Waals surface area contributed by atoms with Gasteiger partial charge >= 0.3 is 50.9 Å². The van der Waals surface area contributed by atoms with E-state index in [-0.39, 0.29) is 50.0 Å². The first kappa shape index (κ1) is 40.2.